The second-order valence-corrected chi connectivity index (χ2v) is 17.8. The Morgan fingerprint density at radius 3 is 1.00 bits per heavy atom. The van der Waals surface area contributed by atoms with Crippen LogP contribution < -0.4 is 0 Å². The highest BCUT2D eigenvalue weighted by Gasteiger charge is 2.19. The number of rotatable bonds is 48. The van der Waals surface area contributed by atoms with E-state index in [1.807, 2.05) is 0 Å². The van der Waals surface area contributed by atoms with E-state index in [0.29, 0.717) is 19.3 Å². The molecule has 0 rings (SSSR count). The van der Waals surface area contributed by atoms with Gasteiger partial charge in [-0.05, 0) is 96.3 Å². The molecule has 0 bridgehead atoms. The SMILES string of the molecule is CC/C=C\C/C=C\C/C=C\C/C=C\C/C=C\C/C=C\C/C=C\CCCC(=O)OCC(COC(=O)CCCCCCCCC)OC(=O)CCCCCCCCC/C=C\CCCCCCCCC. The van der Waals surface area contributed by atoms with E-state index in [2.05, 4.69) is 118 Å². The molecule has 0 heterocycles. The third-order valence-electron chi connectivity index (χ3n) is 11.3. The van der Waals surface area contributed by atoms with Gasteiger partial charge in [0.15, 0.2) is 6.10 Å². The van der Waals surface area contributed by atoms with Crippen LogP contribution in [-0.4, -0.2) is 37.2 Å². The summed E-state index contributed by atoms with van der Waals surface area (Å²) in [5.74, 6) is -0.971. The zero-order valence-corrected chi connectivity index (χ0v) is 42.9. The van der Waals surface area contributed by atoms with Crippen molar-refractivity contribution in [2.75, 3.05) is 13.2 Å². The predicted octanol–water partition coefficient (Wildman–Crippen LogP) is 18.1. The molecular weight excluding hydrogens is 817 g/mol. The number of hydrogen-bond acceptors (Lipinski definition) is 6. The summed E-state index contributed by atoms with van der Waals surface area (Å²) in [7, 11) is 0. The zero-order valence-electron chi connectivity index (χ0n) is 42.9. The van der Waals surface area contributed by atoms with E-state index < -0.39 is 6.10 Å². The number of allylic oxidation sites excluding steroid dienone is 16. The van der Waals surface area contributed by atoms with Gasteiger partial charge < -0.3 is 14.2 Å². The van der Waals surface area contributed by atoms with Crippen LogP contribution in [0.1, 0.15) is 245 Å². The van der Waals surface area contributed by atoms with Crippen molar-refractivity contribution < 1.29 is 28.6 Å². The van der Waals surface area contributed by atoms with Crippen LogP contribution in [0.4, 0.5) is 0 Å². The smallest absolute Gasteiger partial charge is 0.306 e. The monoisotopic (exact) mass is 917 g/mol. The lowest BCUT2D eigenvalue weighted by molar-refractivity contribution is -0.167. The molecule has 0 spiro atoms. The Balaban J connectivity index is 4.35. The molecule has 1 atom stereocenters. The molecule has 0 aromatic carbocycles. The average molecular weight is 917 g/mol. The minimum absolute atomic E-state index is 0.0972. The van der Waals surface area contributed by atoms with Gasteiger partial charge in [-0.3, -0.25) is 14.4 Å². The van der Waals surface area contributed by atoms with Crippen LogP contribution in [0.15, 0.2) is 97.2 Å². The lowest BCUT2D eigenvalue weighted by atomic mass is 10.1. The standard InChI is InChI=1S/C60H100O6/c1-4-7-10-13-16-18-20-22-24-26-28-29-30-31-32-34-35-37-39-41-44-47-50-53-59(62)65-56-57(55-64-58(61)52-49-46-43-15-12-9-6-3)66-60(63)54-51-48-45-42-40-38-36-33-27-25-23-21-19-17-14-11-8-5-2/h7,10,16,18,22,24-25,27-29,31-32,35,37,41,44,57H,4-6,8-9,11-15,17,19-21,23,26,30,33-34,36,38-40,42-43,45-56H2,1-3H3/b10-7-,18-16-,24-22-,27-25-,29-28-,32-31-,37-35-,44-41-. The van der Waals surface area contributed by atoms with E-state index in [1.54, 1.807) is 0 Å². The van der Waals surface area contributed by atoms with Gasteiger partial charge in [0.25, 0.3) is 0 Å². The molecule has 0 radical (unpaired) electrons. The third kappa shape index (κ3) is 51.3. The fourth-order valence-electron chi connectivity index (χ4n) is 7.25. The fraction of sp³-hybridized carbons (Fsp3) is 0.683. The van der Waals surface area contributed by atoms with E-state index in [9.17, 15) is 14.4 Å². The van der Waals surface area contributed by atoms with E-state index >= 15 is 0 Å². The van der Waals surface area contributed by atoms with Crippen LogP contribution in [0.3, 0.4) is 0 Å². The van der Waals surface area contributed by atoms with Gasteiger partial charge in [0.05, 0.1) is 0 Å². The molecule has 0 amide bonds. The van der Waals surface area contributed by atoms with Gasteiger partial charge in [-0.25, -0.2) is 0 Å². The molecule has 6 nitrogen and oxygen atoms in total. The molecule has 0 aliphatic heterocycles. The topological polar surface area (TPSA) is 78.9 Å². The van der Waals surface area contributed by atoms with Gasteiger partial charge in [-0.15, -0.1) is 0 Å². The molecule has 6 heteroatoms. The molecule has 66 heavy (non-hydrogen) atoms. The van der Waals surface area contributed by atoms with Gasteiger partial charge >= 0.3 is 17.9 Å². The van der Waals surface area contributed by atoms with Crippen LogP contribution in [0.2, 0.25) is 0 Å². The van der Waals surface area contributed by atoms with Crippen LogP contribution in [-0.2, 0) is 28.6 Å². The second-order valence-electron chi connectivity index (χ2n) is 17.8. The molecule has 0 aromatic rings. The van der Waals surface area contributed by atoms with Crippen molar-refractivity contribution in [3.05, 3.63) is 97.2 Å². The summed E-state index contributed by atoms with van der Waals surface area (Å²) in [6.45, 7) is 6.43. The molecule has 0 aliphatic carbocycles. The van der Waals surface area contributed by atoms with E-state index in [0.717, 1.165) is 89.9 Å². The van der Waals surface area contributed by atoms with Crippen LogP contribution in [0.25, 0.3) is 0 Å². The van der Waals surface area contributed by atoms with Crippen molar-refractivity contribution in [2.45, 2.75) is 252 Å². The Kier molecular flexibility index (Phi) is 50.9. The van der Waals surface area contributed by atoms with Crippen LogP contribution in [0.5, 0.6) is 0 Å². The quantitative estimate of drug-likeness (QED) is 0.0262. The van der Waals surface area contributed by atoms with E-state index in [-0.39, 0.29) is 37.5 Å². The lowest BCUT2D eigenvalue weighted by Crippen LogP contribution is -2.30. The molecule has 0 aliphatic rings. The molecule has 0 fully saturated rings. The molecule has 376 valence electrons. The minimum atomic E-state index is -0.801. The Hall–Kier alpha value is -3.67. The number of unbranched alkanes of at least 4 members (excludes halogenated alkanes) is 21. The number of hydrogen-bond donors (Lipinski definition) is 0. The van der Waals surface area contributed by atoms with Gasteiger partial charge in [-0.1, -0.05) is 227 Å². The Labute approximate surface area is 407 Å². The Morgan fingerprint density at radius 1 is 0.318 bits per heavy atom. The number of ether oxygens (including phenoxy) is 3. The normalized spacial score (nSPS) is 12.8. The molecule has 0 aromatic heterocycles. The molecule has 0 N–H and O–H groups in total. The zero-order chi connectivity index (χ0) is 47.9. The third-order valence-corrected chi connectivity index (χ3v) is 11.3. The van der Waals surface area contributed by atoms with Crippen LogP contribution in [0, 0.1) is 0 Å². The number of carbonyl (C=O) groups is 3. The van der Waals surface area contributed by atoms with Crippen molar-refractivity contribution >= 4 is 17.9 Å². The number of esters is 3. The van der Waals surface area contributed by atoms with Gasteiger partial charge in [0.2, 0.25) is 0 Å². The first-order valence-electron chi connectivity index (χ1n) is 27.2. The maximum atomic E-state index is 12.8. The predicted molar refractivity (Wildman–Crippen MR) is 284 cm³/mol. The summed E-state index contributed by atoms with van der Waals surface area (Å²) in [6, 6.07) is 0. The van der Waals surface area contributed by atoms with Crippen molar-refractivity contribution in [3.63, 3.8) is 0 Å². The minimum Gasteiger partial charge on any atom is -0.462 e. The highest BCUT2D eigenvalue weighted by molar-refractivity contribution is 5.71. The molecule has 0 saturated carbocycles. The highest BCUT2D eigenvalue weighted by atomic mass is 16.6. The van der Waals surface area contributed by atoms with Crippen molar-refractivity contribution in [1.29, 1.82) is 0 Å². The van der Waals surface area contributed by atoms with Gasteiger partial charge in [0, 0.05) is 19.3 Å². The maximum Gasteiger partial charge on any atom is 0.306 e. The van der Waals surface area contributed by atoms with Gasteiger partial charge in [-0.2, -0.15) is 0 Å². The van der Waals surface area contributed by atoms with Crippen LogP contribution >= 0.6 is 0 Å². The first kappa shape index (κ1) is 62.3. The average Bonchev–Trinajstić information content (AvgIpc) is 3.31. The Morgan fingerprint density at radius 2 is 0.606 bits per heavy atom. The summed E-state index contributed by atoms with van der Waals surface area (Å²) < 4.78 is 16.7. The Bertz CT molecular complexity index is 1330. The van der Waals surface area contributed by atoms with Gasteiger partial charge in [0.1, 0.15) is 13.2 Å². The summed E-state index contributed by atoms with van der Waals surface area (Å²) in [5, 5.41) is 0. The molecule has 1 unspecified atom stereocenters. The van der Waals surface area contributed by atoms with Crippen molar-refractivity contribution in [3.8, 4) is 0 Å². The largest absolute Gasteiger partial charge is 0.462 e. The van der Waals surface area contributed by atoms with E-state index in [4.69, 9.17) is 14.2 Å². The summed E-state index contributed by atoms with van der Waals surface area (Å²) >= 11 is 0. The fourth-order valence-corrected chi connectivity index (χ4v) is 7.25. The summed E-state index contributed by atoms with van der Waals surface area (Å²) in [4.78, 5) is 37.9. The lowest BCUT2D eigenvalue weighted by Gasteiger charge is -2.18. The number of carbonyl (C=O) groups excluding carboxylic acids is 3. The van der Waals surface area contributed by atoms with E-state index in [1.165, 1.54) is 109 Å². The first-order valence-corrected chi connectivity index (χ1v) is 27.2. The maximum absolute atomic E-state index is 12.8. The summed E-state index contributed by atoms with van der Waals surface area (Å²) in [5.41, 5.74) is 0. The second kappa shape index (κ2) is 53.9. The molecule has 0 saturated heterocycles. The van der Waals surface area contributed by atoms with Crippen molar-refractivity contribution in [1.82, 2.24) is 0 Å². The summed E-state index contributed by atoms with van der Waals surface area (Å²) in [6.07, 6.45) is 71.3. The first-order chi connectivity index (χ1) is 32.5. The highest BCUT2D eigenvalue weighted by Crippen LogP contribution is 2.14. The van der Waals surface area contributed by atoms with Crippen molar-refractivity contribution in [2.24, 2.45) is 0 Å². The molecular formula is C60H100O6.